The van der Waals surface area contributed by atoms with E-state index in [2.05, 4.69) is 0 Å². The van der Waals surface area contributed by atoms with Crippen LogP contribution in [0, 0.1) is 5.92 Å². The monoisotopic (exact) mass is 284 g/mol. The predicted molar refractivity (Wildman–Crippen MR) is 73.5 cm³/mol. The van der Waals surface area contributed by atoms with Gasteiger partial charge in [0.25, 0.3) is 0 Å². The fraction of sp³-hybridized carbons (Fsp3) is 0.538. The third-order valence-corrected chi connectivity index (χ3v) is 5.39. The van der Waals surface area contributed by atoms with Crippen LogP contribution in [0.5, 0.6) is 5.75 Å². The van der Waals surface area contributed by atoms with Crippen LogP contribution in [0.15, 0.2) is 29.2 Å². The van der Waals surface area contributed by atoms with E-state index in [9.17, 15) is 8.42 Å². The van der Waals surface area contributed by atoms with E-state index in [1.807, 2.05) is 0 Å². The van der Waals surface area contributed by atoms with Gasteiger partial charge in [-0.15, -0.1) is 0 Å². The van der Waals surface area contributed by atoms with Crippen molar-refractivity contribution in [3.63, 3.8) is 0 Å². The van der Waals surface area contributed by atoms with Crippen LogP contribution in [-0.4, -0.2) is 39.5 Å². The van der Waals surface area contributed by atoms with Gasteiger partial charge >= 0.3 is 0 Å². The summed E-state index contributed by atoms with van der Waals surface area (Å²) in [5, 5.41) is 0. The summed E-state index contributed by atoms with van der Waals surface area (Å²) in [5.41, 5.74) is 5.71. The lowest BCUT2D eigenvalue weighted by molar-refractivity contribution is 0.227. The number of nitrogens with zero attached hydrogens (tertiary/aromatic N) is 1. The molecule has 19 heavy (non-hydrogen) atoms. The van der Waals surface area contributed by atoms with Crippen LogP contribution in [-0.2, 0) is 10.0 Å². The Labute approximate surface area is 114 Å². The molecule has 1 aromatic carbocycles. The fourth-order valence-corrected chi connectivity index (χ4v) is 3.57. The lowest BCUT2D eigenvalue weighted by atomic mass is 9.81. The van der Waals surface area contributed by atoms with Crippen molar-refractivity contribution in [2.75, 3.05) is 20.7 Å². The van der Waals surface area contributed by atoms with Gasteiger partial charge < -0.3 is 10.5 Å². The first-order valence-electron chi connectivity index (χ1n) is 6.29. The summed E-state index contributed by atoms with van der Waals surface area (Å²) in [4.78, 5) is 0.291. The molecule has 5 nitrogen and oxygen atoms in total. The molecule has 2 rings (SSSR count). The van der Waals surface area contributed by atoms with E-state index < -0.39 is 10.0 Å². The topological polar surface area (TPSA) is 72.6 Å². The van der Waals surface area contributed by atoms with Gasteiger partial charge in [0, 0.05) is 19.6 Å². The summed E-state index contributed by atoms with van der Waals surface area (Å²) in [7, 11) is -0.250. The summed E-state index contributed by atoms with van der Waals surface area (Å²) >= 11 is 0. The summed E-state index contributed by atoms with van der Waals surface area (Å²) in [6, 6.07) is 6.68. The van der Waals surface area contributed by atoms with Gasteiger partial charge in [-0.2, -0.15) is 0 Å². The Morgan fingerprint density at radius 1 is 1.32 bits per heavy atom. The average Bonchev–Trinajstić information content (AvgIpc) is 2.36. The lowest BCUT2D eigenvalue weighted by Crippen LogP contribution is -2.43. The first-order chi connectivity index (χ1) is 8.93. The molecule has 0 saturated heterocycles. The van der Waals surface area contributed by atoms with Crippen molar-refractivity contribution in [1.29, 1.82) is 0 Å². The van der Waals surface area contributed by atoms with Crippen molar-refractivity contribution in [2.24, 2.45) is 11.7 Å². The Bertz CT molecular complexity index is 521. The van der Waals surface area contributed by atoms with Crippen LogP contribution in [0.25, 0.3) is 0 Å². The van der Waals surface area contributed by atoms with Crippen LogP contribution >= 0.6 is 0 Å². The minimum atomic E-state index is -3.42. The molecule has 2 N–H and O–H groups in total. The van der Waals surface area contributed by atoms with Gasteiger partial charge in [-0.25, -0.2) is 12.7 Å². The molecule has 106 valence electrons. The van der Waals surface area contributed by atoms with E-state index in [0.29, 0.717) is 23.1 Å². The highest BCUT2D eigenvalue weighted by Crippen LogP contribution is 2.28. The number of methoxy groups -OCH3 is 1. The Balaban J connectivity index is 2.07. The SMILES string of the molecule is COc1ccc(S(=O)(=O)N(C)CC2CC(N)C2)cc1. The highest BCUT2D eigenvalue weighted by molar-refractivity contribution is 7.89. The molecule has 0 atom stereocenters. The molecule has 0 unspecified atom stereocenters. The molecule has 1 aliphatic carbocycles. The molecule has 0 heterocycles. The van der Waals surface area contributed by atoms with Gasteiger partial charge in [0.1, 0.15) is 5.75 Å². The predicted octanol–water partition coefficient (Wildman–Crippen LogP) is 1.05. The zero-order valence-corrected chi connectivity index (χ0v) is 12.1. The highest BCUT2D eigenvalue weighted by Gasteiger charge is 2.30. The number of hydrogen-bond donors (Lipinski definition) is 1. The summed E-state index contributed by atoms with van der Waals surface area (Å²) in [6.45, 7) is 0.530. The fourth-order valence-electron chi connectivity index (χ4n) is 2.33. The normalized spacial score (nSPS) is 23.2. The van der Waals surface area contributed by atoms with Crippen molar-refractivity contribution in [2.45, 2.75) is 23.8 Å². The molecule has 1 saturated carbocycles. The Hall–Kier alpha value is -1.11. The molecule has 0 radical (unpaired) electrons. The lowest BCUT2D eigenvalue weighted by Gasteiger charge is -2.34. The molecular weight excluding hydrogens is 264 g/mol. The maximum atomic E-state index is 12.3. The Kier molecular flexibility index (Phi) is 4.13. The molecular formula is C13H20N2O3S. The third kappa shape index (κ3) is 3.08. The maximum absolute atomic E-state index is 12.3. The molecule has 0 bridgehead atoms. The number of benzene rings is 1. The summed E-state index contributed by atoms with van der Waals surface area (Å²) < 4.78 is 31.1. The van der Waals surface area contributed by atoms with Crippen LogP contribution in [0.3, 0.4) is 0 Å². The second-order valence-electron chi connectivity index (χ2n) is 5.06. The third-order valence-electron chi connectivity index (χ3n) is 3.56. The molecule has 6 heteroatoms. The number of nitrogens with two attached hydrogens (primary N) is 1. The van der Waals surface area contributed by atoms with E-state index in [4.69, 9.17) is 10.5 Å². The molecule has 0 aromatic heterocycles. The van der Waals surface area contributed by atoms with Crippen molar-refractivity contribution in [1.82, 2.24) is 4.31 Å². The number of sulfonamides is 1. The van der Waals surface area contributed by atoms with Crippen molar-refractivity contribution in [3.05, 3.63) is 24.3 Å². The van der Waals surface area contributed by atoms with Crippen molar-refractivity contribution >= 4 is 10.0 Å². The maximum Gasteiger partial charge on any atom is 0.242 e. The quantitative estimate of drug-likeness (QED) is 0.877. The van der Waals surface area contributed by atoms with E-state index in [-0.39, 0.29) is 6.04 Å². The Morgan fingerprint density at radius 3 is 2.37 bits per heavy atom. The smallest absolute Gasteiger partial charge is 0.242 e. The number of ether oxygens (including phenoxy) is 1. The molecule has 1 aliphatic rings. The number of rotatable bonds is 5. The van der Waals surface area contributed by atoms with E-state index in [1.54, 1.807) is 38.4 Å². The van der Waals surface area contributed by atoms with Crippen molar-refractivity contribution in [3.8, 4) is 5.75 Å². The highest BCUT2D eigenvalue weighted by atomic mass is 32.2. The van der Waals surface area contributed by atoms with Gasteiger partial charge in [0.2, 0.25) is 10.0 Å². The molecule has 0 spiro atoms. The van der Waals surface area contributed by atoms with Gasteiger partial charge in [-0.1, -0.05) is 0 Å². The first kappa shape index (κ1) is 14.3. The van der Waals surface area contributed by atoms with Crippen LogP contribution < -0.4 is 10.5 Å². The Morgan fingerprint density at radius 2 is 1.89 bits per heavy atom. The first-order valence-corrected chi connectivity index (χ1v) is 7.73. The van der Waals surface area contributed by atoms with Gasteiger partial charge in [-0.05, 0) is 43.0 Å². The zero-order valence-electron chi connectivity index (χ0n) is 11.2. The zero-order chi connectivity index (χ0) is 14.0. The largest absolute Gasteiger partial charge is 0.497 e. The molecule has 1 aromatic rings. The summed E-state index contributed by atoms with van der Waals surface area (Å²) in [5.74, 6) is 1.03. The second kappa shape index (κ2) is 5.48. The van der Waals surface area contributed by atoms with Gasteiger partial charge in [0.05, 0.1) is 12.0 Å². The van der Waals surface area contributed by atoms with E-state index in [1.165, 1.54) is 4.31 Å². The van der Waals surface area contributed by atoms with Gasteiger partial charge in [0.15, 0.2) is 0 Å². The molecule has 1 fully saturated rings. The molecule has 0 amide bonds. The summed E-state index contributed by atoms with van der Waals surface area (Å²) in [6.07, 6.45) is 1.81. The van der Waals surface area contributed by atoms with Gasteiger partial charge in [-0.3, -0.25) is 0 Å². The minimum absolute atomic E-state index is 0.238. The second-order valence-corrected chi connectivity index (χ2v) is 7.10. The molecule has 0 aliphatic heterocycles. The van der Waals surface area contributed by atoms with Crippen LogP contribution in [0.1, 0.15) is 12.8 Å². The number of hydrogen-bond acceptors (Lipinski definition) is 4. The minimum Gasteiger partial charge on any atom is -0.497 e. The average molecular weight is 284 g/mol. The van der Waals surface area contributed by atoms with Crippen LogP contribution in [0.2, 0.25) is 0 Å². The standard InChI is InChI=1S/C13H20N2O3S/c1-15(9-10-7-11(14)8-10)19(16,17)13-5-3-12(18-2)4-6-13/h3-6,10-11H,7-9,14H2,1-2H3. The van der Waals surface area contributed by atoms with Crippen molar-refractivity contribution < 1.29 is 13.2 Å². The van der Waals surface area contributed by atoms with Crippen LogP contribution in [0.4, 0.5) is 0 Å². The van der Waals surface area contributed by atoms with E-state index >= 15 is 0 Å². The van der Waals surface area contributed by atoms with E-state index in [0.717, 1.165) is 12.8 Å².